The van der Waals surface area contributed by atoms with Crippen molar-refractivity contribution in [3.8, 4) is 0 Å². The van der Waals surface area contributed by atoms with E-state index in [1.165, 1.54) is 50.8 Å². The maximum absolute atomic E-state index is 11.4. The van der Waals surface area contributed by atoms with Crippen LogP contribution < -0.4 is 64.8 Å². The van der Waals surface area contributed by atoms with Crippen molar-refractivity contribution in [2.24, 2.45) is 0 Å². The van der Waals surface area contributed by atoms with E-state index in [9.17, 15) is 38.4 Å². The van der Waals surface area contributed by atoms with Crippen LogP contribution >= 0.6 is 0 Å². The Morgan fingerprint density at radius 1 is 0.517 bits per heavy atom. The van der Waals surface area contributed by atoms with E-state index < -0.39 is 12.1 Å². The van der Waals surface area contributed by atoms with Gasteiger partial charge in [0, 0.05) is 75.2 Å². The molecule has 0 aliphatic heterocycles. The lowest BCUT2D eigenvalue weighted by molar-refractivity contribution is 0.251. The van der Waals surface area contributed by atoms with Crippen molar-refractivity contribution in [2.45, 2.75) is 66.2 Å². The van der Waals surface area contributed by atoms with Crippen LogP contribution in [-0.2, 0) is 0 Å². The molecule has 0 bridgehead atoms. The molecule has 0 fully saturated rings. The number of aromatic amines is 4. The Morgan fingerprint density at radius 3 is 1.21 bits per heavy atom. The highest BCUT2D eigenvalue weighted by Crippen LogP contribution is 1.97. The van der Waals surface area contributed by atoms with Crippen molar-refractivity contribution in [2.75, 3.05) is 48.5 Å². The molecule has 4 aromatic heterocycles. The molecule has 0 saturated heterocycles. The maximum Gasteiger partial charge on any atom is 0.321 e. The van der Waals surface area contributed by atoms with Crippen LogP contribution in [0.4, 0.5) is 43.0 Å². The largest absolute Gasteiger partial charge is 0.341 e. The van der Waals surface area contributed by atoms with Gasteiger partial charge in [0.25, 0.3) is 22.2 Å². The number of hydrogen-bond donors (Lipinski definition) is 12. The highest BCUT2D eigenvalue weighted by molar-refractivity contribution is 5.88. The molecule has 58 heavy (non-hydrogen) atoms. The van der Waals surface area contributed by atoms with Gasteiger partial charge in [-0.05, 0) is 26.7 Å². The van der Waals surface area contributed by atoms with Crippen molar-refractivity contribution in [1.29, 1.82) is 0 Å². The first-order valence-electron chi connectivity index (χ1n) is 18.0. The van der Waals surface area contributed by atoms with Gasteiger partial charge in [0.05, 0.1) is 0 Å². The lowest BCUT2D eigenvalue weighted by atomic mass is 10.2. The monoisotopic (exact) mass is 812 g/mol. The number of carbonyl (C=O) groups excluding carboxylic acids is 4. The molecular weight excluding hydrogens is 760 g/mol. The van der Waals surface area contributed by atoms with Gasteiger partial charge < -0.3 is 21.3 Å². The van der Waals surface area contributed by atoms with E-state index in [0.717, 1.165) is 38.5 Å². The summed E-state index contributed by atoms with van der Waals surface area (Å²) in [7, 11) is 2.94. The third kappa shape index (κ3) is 23.4. The summed E-state index contributed by atoms with van der Waals surface area (Å²) in [6.45, 7) is 8.80. The minimum atomic E-state index is -0.427. The number of amides is 8. The van der Waals surface area contributed by atoms with Gasteiger partial charge in [0.2, 0.25) is 23.8 Å². The fourth-order valence-corrected chi connectivity index (χ4v) is 3.94. The molecule has 0 radical (unpaired) electrons. The molecule has 4 aromatic rings. The molecule has 8 amide bonds. The lowest BCUT2D eigenvalue weighted by Gasteiger charge is -2.06. The summed E-state index contributed by atoms with van der Waals surface area (Å²) in [5.74, 6) is 0.592. The smallest absolute Gasteiger partial charge is 0.321 e. The van der Waals surface area contributed by atoms with Gasteiger partial charge in [0.1, 0.15) is 0 Å². The zero-order valence-corrected chi connectivity index (χ0v) is 33.2. The van der Waals surface area contributed by atoms with E-state index in [2.05, 4.69) is 96.3 Å². The number of aromatic nitrogens is 8. The predicted molar refractivity (Wildman–Crippen MR) is 218 cm³/mol. The molecule has 0 aliphatic carbocycles. The molecule has 4 heterocycles. The first kappa shape index (κ1) is 48.6. The van der Waals surface area contributed by atoms with E-state index in [0.29, 0.717) is 24.5 Å². The van der Waals surface area contributed by atoms with Gasteiger partial charge >= 0.3 is 24.1 Å². The van der Waals surface area contributed by atoms with E-state index in [1.54, 1.807) is 13.8 Å². The predicted octanol–water partition coefficient (Wildman–Crippen LogP) is 1.82. The fourth-order valence-electron chi connectivity index (χ4n) is 3.94. The number of unbranched alkanes of at least 4 members (excludes halogenated alkanes) is 4. The zero-order chi connectivity index (χ0) is 43.3. The second-order valence-corrected chi connectivity index (χ2v) is 11.6. The maximum atomic E-state index is 11.4. The van der Waals surface area contributed by atoms with E-state index in [4.69, 9.17) is 0 Å². The van der Waals surface area contributed by atoms with Crippen LogP contribution in [0.25, 0.3) is 0 Å². The zero-order valence-electron chi connectivity index (χ0n) is 33.2. The summed E-state index contributed by atoms with van der Waals surface area (Å²) < 4.78 is 0. The Labute approximate surface area is 332 Å². The minimum Gasteiger partial charge on any atom is -0.341 e. The molecule has 0 aliphatic rings. The Hall–Kier alpha value is -7.40. The second kappa shape index (κ2) is 28.1. The van der Waals surface area contributed by atoms with Crippen LogP contribution in [0.2, 0.25) is 0 Å². The number of rotatable bonds is 12. The number of aryl methyl sites for hydroxylation is 2. The molecule has 24 heteroatoms. The van der Waals surface area contributed by atoms with Gasteiger partial charge in [0.15, 0.2) is 0 Å². The first-order valence-corrected chi connectivity index (χ1v) is 18.0. The third-order valence-corrected chi connectivity index (χ3v) is 6.60. The lowest BCUT2D eigenvalue weighted by Crippen LogP contribution is -2.31. The molecule has 0 unspecified atom stereocenters. The molecule has 0 spiro atoms. The second-order valence-electron chi connectivity index (χ2n) is 11.6. The van der Waals surface area contributed by atoms with E-state index >= 15 is 0 Å². The number of nitrogens with zero attached hydrogens (tertiary/aromatic N) is 4. The average molecular weight is 813 g/mol. The van der Waals surface area contributed by atoms with Crippen LogP contribution in [0.15, 0.2) is 55.8 Å². The van der Waals surface area contributed by atoms with Gasteiger partial charge in [-0.25, -0.2) is 39.1 Å². The van der Waals surface area contributed by atoms with Crippen molar-refractivity contribution in [1.82, 2.24) is 61.1 Å². The van der Waals surface area contributed by atoms with Crippen molar-refractivity contribution < 1.29 is 19.2 Å². The van der Waals surface area contributed by atoms with Gasteiger partial charge in [-0.1, -0.05) is 39.5 Å². The van der Waals surface area contributed by atoms with Crippen LogP contribution in [0, 0.1) is 13.8 Å². The van der Waals surface area contributed by atoms with Crippen LogP contribution in [0.1, 0.15) is 63.8 Å². The number of urea groups is 4. The molecular formula is C34H52N16O8. The summed E-state index contributed by atoms with van der Waals surface area (Å²) in [5, 5.41) is 19.6. The summed E-state index contributed by atoms with van der Waals surface area (Å²) in [5.41, 5.74) is -0.0597. The Morgan fingerprint density at radius 2 is 0.862 bits per heavy atom. The number of anilines is 4. The Bertz CT molecular complexity index is 2120. The van der Waals surface area contributed by atoms with Crippen molar-refractivity contribution in [3.05, 3.63) is 89.5 Å². The van der Waals surface area contributed by atoms with E-state index in [-0.39, 0.29) is 58.1 Å². The highest BCUT2D eigenvalue weighted by Gasteiger charge is 2.05. The van der Waals surface area contributed by atoms with Crippen LogP contribution in [0.3, 0.4) is 0 Å². The first-order chi connectivity index (χ1) is 27.7. The molecule has 0 atom stereocenters. The summed E-state index contributed by atoms with van der Waals surface area (Å²) in [6.07, 6.45) is 8.92. The highest BCUT2D eigenvalue weighted by atomic mass is 16.2. The minimum absolute atomic E-state index is 0.127. The van der Waals surface area contributed by atoms with Gasteiger partial charge in [-0.15, -0.1) is 0 Å². The fraction of sp³-hybridized carbons (Fsp3) is 0.412. The molecule has 4 rings (SSSR count). The number of carbonyl (C=O) groups is 4. The number of hydrogen-bond acceptors (Lipinski definition) is 12. The quantitative estimate of drug-likeness (QED) is 0.0912. The molecule has 24 nitrogen and oxygen atoms in total. The molecule has 12 N–H and O–H groups in total. The molecule has 316 valence electrons. The molecule has 0 saturated carbocycles. The van der Waals surface area contributed by atoms with Gasteiger partial charge in [-0.2, -0.15) is 0 Å². The van der Waals surface area contributed by atoms with Crippen LogP contribution in [-0.4, -0.2) is 91.2 Å². The Kier molecular flexibility index (Phi) is 23.5. The SMILES string of the molecule is CCCCCNC(=O)Nc1nc(C)cc(=O)[nH]1.CCCCCNC(=O)Nc1nccc(=O)[nH]1.CNC(=O)Nc1nc(C)cc(=O)[nH]1.CNC(=O)Nc1nccc(=O)[nH]1. The Balaban J connectivity index is 0.000000390. The number of nitrogens with one attached hydrogen (secondary N) is 12. The topological polar surface area (TPSA) is 348 Å². The average Bonchev–Trinajstić information content (AvgIpc) is 3.15. The van der Waals surface area contributed by atoms with E-state index in [1.807, 2.05) is 0 Å². The molecule has 0 aromatic carbocycles. The number of H-pyrrole nitrogens is 4. The van der Waals surface area contributed by atoms with Gasteiger partial charge in [-0.3, -0.25) is 60.4 Å². The van der Waals surface area contributed by atoms with Crippen molar-refractivity contribution >= 4 is 47.9 Å². The van der Waals surface area contributed by atoms with Crippen molar-refractivity contribution in [3.63, 3.8) is 0 Å². The third-order valence-electron chi connectivity index (χ3n) is 6.60. The van der Waals surface area contributed by atoms with Crippen LogP contribution in [0.5, 0.6) is 0 Å². The summed E-state index contributed by atoms with van der Waals surface area (Å²) in [6, 6.07) is 3.69. The standard InChI is InChI=1S/C11H18N4O2.C10H16N4O2.C7H10N4O2.C6H8N4O2/c1-3-4-5-6-12-11(17)15-10-13-8(2)7-9(16)14-10;1-2-3-4-6-12-10(16)14-9-11-7-5-8(15)13-9;1-4-3-5(12)10-6(9-4)11-7(13)8-2;1-7-6(12)10-5-8-3-2-4(11)9-5/h7H,3-6H2,1-2H3,(H3,12,13,14,15,16,17);5,7H,2-4,6H2,1H3,(H3,11,12,13,14,15,16);3H,1-2H3,(H3,8,9,10,11,12,13);2-3H,1H3,(H3,7,8,9,10,11,12). The normalized spacial score (nSPS) is 9.62. The summed E-state index contributed by atoms with van der Waals surface area (Å²) in [4.78, 5) is 113. The summed E-state index contributed by atoms with van der Waals surface area (Å²) >= 11 is 0.